The number of aromatic nitrogens is 1. The summed E-state index contributed by atoms with van der Waals surface area (Å²) in [5.74, 6) is 1.68. The molecule has 8 bridgehead atoms. The van der Waals surface area contributed by atoms with Crippen molar-refractivity contribution in [3.8, 4) is 28.7 Å². The number of para-hydroxylation sites is 1. The number of hydrogen-bond acceptors (Lipinski definition) is 6. The maximum Gasteiger partial charge on any atom is 0.255 e. The third-order valence-corrected chi connectivity index (χ3v) is 8.50. The van der Waals surface area contributed by atoms with E-state index >= 15 is 0 Å². The minimum absolute atomic E-state index is 0.0310. The molecular formula is C36H33N3O6. The number of benzene rings is 4. The molecule has 0 saturated carbocycles. The monoisotopic (exact) mass is 603 g/mol. The Labute approximate surface area is 260 Å². The number of rotatable bonds is 3. The number of methoxy groups -OCH3 is 1. The Hall–Kier alpha value is -5.44. The Morgan fingerprint density at radius 3 is 2.78 bits per heavy atom. The molecule has 4 aromatic carbocycles. The first-order valence-electron chi connectivity index (χ1n) is 15.1. The fourth-order valence-electron chi connectivity index (χ4n) is 6.26. The van der Waals surface area contributed by atoms with Crippen LogP contribution in [0.1, 0.15) is 45.1 Å². The first-order chi connectivity index (χ1) is 22.0. The zero-order valence-corrected chi connectivity index (χ0v) is 24.8. The molecule has 4 heterocycles. The Morgan fingerprint density at radius 1 is 1.04 bits per heavy atom. The van der Waals surface area contributed by atoms with Gasteiger partial charge in [0.15, 0.2) is 11.5 Å². The third kappa shape index (κ3) is 5.53. The van der Waals surface area contributed by atoms with Gasteiger partial charge in [-0.15, -0.1) is 0 Å². The summed E-state index contributed by atoms with van der Waals surface area (Å²) in [6, 6.07) is 23.9. The summed E-state index contributed by atoms with van der Waals surface area (Å²) < 4.78 is 17.9. The van der Waals surface area contributed by atoms with E-state index in [0.717, 1.165) is 33.2 Å². The number of carbonyl (C=O) groups is 2. The predicted octanol–water partition coefficient (Wildman–Crippen LogP) is 5.90. The molecule has 3 N–H and O–H groups in total. The molecule has 0 aliphatic carbocycles. The van der Waals surface area contributed by atoms with E-state index in [-0.39, 0.29) is 29.7 Å². The minimum atomic E-state index is -0.399. The summed E-state index contributed by atoms with van der Waals surface area (Å²) in [5, 5.41) is 14.2. The van der Waals surface area contributed by atoms with Crippen molar-refractivity contribution in [2.45, 2.75) is 25.3 Å². The van der Waals surface area contributed by atoms with Crippen LogP contribution in [0, 0.1) is 0 Å². The lowest BCUT2D eigenvalue weighted by Crippen LogP contribution is -2.41. The van der Waals surface area contributed by atoms with Gasteiger partial charge in [-0.1, -0.05) is 30.3 Å². The Balaban J connectivity index is 1.29. The zero-order valence-electron chi connectivity index (χ0n) is 24.8. The molecule has 228 valence electrons. The van der Waals surface area contributed by atoms with Gasteiger partial charge in [0.2, 0.25) is 5.91 Å². The molecular weight excluding hydrogens is 570 g/mol. The number of ether oxygens (including phenoxy) is 3. The SMILES string of the molecule is COc1ccc2cc1OCCCNC(=O)c1cc(ccc1O)Oc1ccc3c(c1)CCN(C(=O)Cc1c[nH]c4ccccc14)C23. The topological polar surface area (TPSA) is 113 Å². The standard InChI is InChI=1S/C36H33N3O6/c1-43-32-12-7-23-18-33(32)44-16-4-14-37-36(42)29-20-26(9-11-31(29)40)45-25-8-10-28-22(17-25)13-15-39(35(23)28)34(41)19-24-21-38-30-6-3-2-5-27(24)30/h2-3,5-12,17-18,20-21,35,38,40H,4,13-16,19H2,1H3,(H,37,42). The summed E-state index contributed by atoms with van der Waals surface area (Å²) in [7, 11) is 1.59. The number of amides is 2. The lowest BCUT2D eigenvalue weighted by molar-refractivity contribution is -0.132. The van der Waals surface area contributed by atoms with Crippen molar-refractivity contribution in [1.29, 1.82) is 0 Å². The molecule has 9 heteroatoms. The first-order valence-corrected chi connectivity index (χ1v) is 15.1. The smallest absolute Gasteiger partial charge is 0.255 e. The van der Waals surface area contributed by atoms with E-state index in [2.05, 4.69) is 10.3 Å². The maximum atomic E-state index is 14.1. The van der Waals surface area contributed by atoms with Gasteiger partial charge in [0.25, 0.3) is 5.91 Å². The highest BCUT2D eigenvalue weighted by molar-refractivity contribution is 5.97. The van der Waals surface area contributed by atoms with Crippen LogP contribution in [0.4, 0.5) is 0 Å². The van der Waals surface area contributed by atoms with Gasteiger partial charge in [0, 0.05) is 30.2 Å². The average Bonchev–Trinajstić information content (AvgIpc) is 3.46. The van der Waals surface area contributed by atoms with Crippen LogP contribution in [-0.2, 0) is 17.6 Å². The van der Waals surface area contributed by atoms with Crippen molar-refractivity contribution in [2.75, 3.05) is 26.8 Å². The van der Waals surface area contributed by atoms with Crippen molar-refractivity contribution in [1.82, 2.24) is 15.2 Å². The van der Waals surface area contributed by atoms with E-state index in [1.54, 1.807) is 13.2 Å². The van der Waals surface area contributed by atoms with Gasteiger partial charge in [-0.05, 0) is 83.6 Å². The number of phenolic OH excluding ortho intramolecular Hbond substituents is 1. The second-order valence-electron chi connectivity index (χ2n) is 11.3. The Kier molecular flexibility index (Phi) is 7.51. The molecule has 2 amide bonds. The Bertz CT molecular complexity index is 1910. The second kappa shape index (κ2) is 11.9. The van der Waals surface area contributed by atoms with Gasteiger partial charge < -0.3 is 34.5 Å². The Morgan fingerprint density at radius 2 is 1.89 bits per heavy atom. The molecule has 0 fully saturated rings. The fourth-order valence-corrected chi connectivity index (χ4v) is 6.26. The van der Waals surface area contributed by atoms with Gasteiger partial charge in [-0.25, -0.2) is 0 Å². The molecule has 0 radical (unpaired) electrons. The lowest BCUT2D eigenvalue weighted by Gasteiger charge is -2.38. The van der Waals surface area contributed by atoms with Gasteiger partial charge in [-0.3, -0.25) is 9.59 Å². The van der Waals surface area contributed by atoms with Crippen LogP contribution in [0.25, 0.3) is 10.9 Å². The molecule has 45 heavy (non-hydrogen) atoms. The highest BCUT2D eigenvalue weighted by Gasteiger charge is 2.33. The van der Waals surface area contributed by atoms with Crippen LogP contribution in [-0.4, -0.2) is 53.6 Å². The van der Waals surface area contributed by atoms with Crippen molar-refractivity contribution >= 4 is 22.7 Å². The fraction of sp³-hybridized carbons (Fsp3) is 0.222. The summed E-state index contributed by atoms with van der Waals surface area (Å²) in [6.07, 6.45) is 3.36. The van der Waals surface area contributed by atoms with Crippen LogP contribution in [0.5, 0.6) is 28.7 Å². The summed E-state index contributed by atoms with van der Waals surface area (Å²) in [5.41, 5.74) is 5.07. The minimum Gasteiger partial charge on any atom is -0.507 e. The molecule has 0 saturated heterocycles. The summed E-state index contributed by atoms with van der Waals surface area (Å²) in [4.78, 5) is 32.2. The molecule has 5 aromatic rings. The number of nitrogens with one attached hydrogen (secondary N) is 2. The summed E-state index contributed by atoms with van der Waals surface area (Å²) >= 11 is 0. The molecule has 1 atom stereocenters. The van der Waals surface area contributed by atoms with Crippen LogP contribution in [0.15, 0.2) is 85.1 Å². The quantitative estimate of drug-likeness (QED) is 0.237. The third-order valence-electron chi connectivity index (χ3n) is 8.50. The molecule has 8 rings (SSSR count). The van der Waals surface area contributed by atoms with E-state index in [4.69, 9.17) is 14.2 Å². The number of carbonyl (C=O) groups excluding carboxylic acids is 2. The predicted molar refractivity (Wildman–Crippen MR) is 169 cm³/mol. The molecule has 3 aliphatic rings. The van der Waals surface area contributed by atoms with E-state index in [1.807, 2.05) is 71.8 Å². The van der Waals surface area contributed by atoms with Gasteiger partial charge >= 0.3 is 0 Å². The van der Waals surface area contributed by atoms with Crippen LogP contribution < -0.4 is 19.5 Å². The number of fused-ring (bicyclic) bond motifs is 7. The number of H-pyrrole nitrogens is 1. The molecule has 0 spiro atoms. The van der Waals surface area contributed by atoms with Crippen LogP contribution in [0.2, 0.25) is 0 Å². The van der Waals surface area contributed by atoms with Crippen LogP contribution in [0.3, 0.4) is 0 Å². The molecule has 3 aliphatic heterocycles. The van der Waals surface area contributed by atoms with Gasteiger partial charge in [0.05, 0.1) is 31.7 Å². The normalized spacial score (nSPS) is 16.2. The molecule has 1 unspecified atom stereocenters. The van der Waals surface area contributed by atoms with Gasteiger partial charge in [0.1, 0.15) is 17.2 Å². The van der Waals surface area contributed by atoms with E-state index < -0.39 is 5.91 Å². The highest BCUT2D eigenvalue weighted by atomic mass is 16.5. The number of phenols is 1. The average molecular weight is 604 g/mol. The largest absolute Gasteiger partial charge is 0.507 e. The number of hydrogen-bond donors (Lipinski definition) is 3. The highest BCUT2D eigenvalue weighted by Crippen LogP contribution is 2.41. The lowest BCUT2D eigenvalue weighted by atomic mass is 9.87. The van der Waals surface area contributed by atoms with E-state index in [1.165, 1.54) is 12.1 Å². The first kappa shape index (κ1) is 28.3. The van der Waals surface area contributed by atoms with Crippen LogP contribution >= 0.6 is 0 Å². The zero-order chi connectivity index (χ0) is 30.9. The second-order valence-corrected chi connectivity index (χ2v) is 11.3. The summed E-state index contributed by atoms with van der Waals surface area (Å²) in [6.45, 7) is 1.19. The number of nitrogens with zero attached hydrogens (tertiary/aromatic N) is 1. The maximum absolute atomic E-state index is 14.1. The number of aromatic amines is 1. The van der Waals surface area contributed by atoms with Crippen molar-refractivity contribution in [3.63, 3.8) is 0 Å². The van der Waals surface area contributed by atoms with E-state index in [0.29, 0.717) is 55.5 Å². The van der Waals surface area contributed by atoms with Crippen molar-refractivity contribution in [2.24, 2.45) is 0 Å². The van der Waals surface area contributed by atoms with Crippen molar-refractivity contribution < 1.29 is 28.9 Å². The molecule has 9 nitrogen and oxygen atoms in total. The van der Waals surface area contributed by atoms with Gasteiger partial charge in [-0.2, -0.15) is 0 Å². The van der Waals surface area contributed by atoms with Crippen molar-refractivity contribution in [3.05, 3.63) is 113 Å². The molecule has 1 aromatic heterocycles. The van der Waals surface area contributed by atoms with E-state index in [9.17, 15) is 14.7 Å². The number of aromatic hydroxyl groups is 1.